The molecule has 2 unspecified atom stereocenters. The molecule has 0 saturated heterocycles. The Morgan fingerprint density at radius 3 is 2.32 bits per heavy atom. The minimum absolute atomic E-state index is 0.0231. The first-order chi connectivity index (χ1) is 16.5. The fraction of sp³-hybridized carbons (Fsp3) is 0.370. The predicted molar refractivity (Wildman–Crippen MR) is 128 cm³/mol. The van der Waals surface area contributed by atoms with E-state index in [1.807, 2.05) is 43.3 Å². The van der Waals surface area contributed by atoms with Crippen molar-refractivity contribution in [2.75, 3.05) is 6.61 Å². The number of carboxylic acids is 1. The number of hydrogen-bond donors (Lipinski definition) is 3. The number of ether oxygens (including phenoxy) is 1. The number of carbonyl (C=O) groups excluding carboxylic acids is 2. The topological polar surface area (TPSA) is 105 Å². The van der Waals surface area contributed by atoms with Gasteiger partial charge in [0.2, 0.25) is 5.91 Å². The van der Waals surface area contributed by atoms with Gasteiger partial charge >= 0.3 is 12.1 Å². The van der Waals surface area contributed by atoms with Crippen LogP contribution in [0.15, 0.2) is 60.7 Å². The zero-order valence-electron chi connectivity index (χ0n) is 19.2. The first kappa shape index (κ1) is 23.5. The Labute approximate surface area is 199 Å². The molecule has 3 N–H and O–H groups in total. The van der Waals surface area contributed by atoms with E-state index in [9.17, 15) is 19.5 Å². The SMILES string of the molecule is CCC[C@@H](NC(=O)C1CC=CC(NC(=O)OCC2c3ccccc3-c3ccccc32)C1)C(=O)O. The molecule has 0 aromatic heterocycles. The number of nitrogens with one attached hydrogen (secondary N) is 2. The largest absolute Gasteiger partial charge is 0.480 e. The van der Waals surface area contributed by atoms with Crippen molar-refractivity contribution >= 4 is 18.0 Å². The molecule has 4 rings (SSSR count). The molecule has 34 heavy (non-hydrogen) atoms. The van der Waals surface area contributed by atoms with E-state index in [1.165, 1.54) is 11.1 Å². The summed E-state index contributed by atoms with van der Waals surface area (Å²) < 4.78 is 5.60. The highest BCUT2D eigenvalue weighted by atomic mass is 16.5. The number of benzene rings is 2. The Balaban J connectivity index is 1.32. The van der Waals surface area contributed by atoms with Gasteiger partial charge in [0.15, 0.2) is 0 Å². The van der Waals surface area contributed by atoms with Crippen LogP contribution in [0.1, 0.15) is 49.7 Å². The van der Waals surface area contributed by atoms with Crippen molar-refractivity contribution in [2.45, 2.75) is 50.6 Å². The average Bonchev–Trinajstić information content (AvgIpc) is 3.16. The number of alkyl carbamates (subject to hydrolysis) is 1. The molecule has 0 radical (unpaired) electrons. The number of carboxylic acid groups (broad SMARTS) is 1. The molecule has 0 fully saturated rings. The molecule has 2 aliphatic rings. The number of rotatable bonds is 8. The van der Waals surface area contributed by atoms with Crippen LogP contribution in [0.4, 0.5) is 4.79 Å². The molecular formula is C27H30N2O5. The Morgan fingerprint density at radius 1 is 1.06 bits per heavy atom. The lowest BCUT2D eigenvalue weighted by Gasteiger charge is -2.26. The van der Waals surface area contributed by atoms with Crippen LogP contribution < -0.4 is 10.6 Å². The molecule has 3 atom stereocenters. The minimum atomic E-state index is -1.03. The van der Waals surface area contributed by atoms with Crippen LogP contribution in [0.3, 0.4) is 0 Å². The van der Waals surface area contributed by atoms with Crippen LogP contribution in [0.25, 0.3) is 11.1 Å². The third-order valence-corrected chi connectivity index (χ3v) is 6.54. The standard InChI is InChI=1S/C27H30N2O5/c1-2-8-24(26(31)32)29-25(30)17-9-7-10-18(15-17)28-27(33)34-16-23-21-13-5-3-11-19(21)20-12-4-6-14-22(20)23/h3-7,10-14,17-18,23-24H,2,8-9,15-16H2,1H3,(H,28,33)(H,29,30)(H,31,32)/t17?,18?,24-/m1/s1. The maximum atomic E-state index is 12.6. The second-order valence-electron chi connectivity index (χ2n) is 8.86. The lowest BCUT2D eigenvalue weighted by Crippen LogP contribution is -2.46. The number of allylic oxidation sites excluding steroid dienone is 1. The molecule has 7 nitrogen and oxygen atoms in total. The molecule has 0 saturated carbocycles. The lowest BCUT2D eigenvalue weighted by atomic mass is 9.90. The van der Waals surface area contributed by atoms with Crippen molar-refractivity contribution in [3.63, 3.8) is 0 Å². The van der Waals surface area contributed by atoms with Crippen LogP contribution >= 0.6 is 0 Å². The van der Waals surface area contributed by atoms with Crippen molar-refractivity contribution in [3.05, 3.63) is 71.8 Å². The second kappa shape index (κ2) is 10.5. The van der Waals surface area contributed by atoms with Gasteiger partial charge in [-0.3, -0.25) is 4.79 Å². The summed E-state index contributed by atoms with van der Waals surface area (Å²) in [4.78, 5) is 36.5. The lowest BCUT2D eigenvalue weighted by molar-refractivity contribution is -0.142. The van der Waals surface area contributed by atoms with Gasteiger partial charge in [-0.1, -0.05) is 74.0 Å². The summed E-state index contributed by atoms with van der Waals surface area (Å²) in [6.07, 6.45) is 5.10. The van der Waals surface area contributed by atoms with Gasteiger partial charge in [0.25, 0.3) is 0 Å². The quantitative estimate of drug-likeness (QED) is 0.509. The number of carbonyl (C=O) groups is 3. The average molecular weight is 463 g/mol. The van der Waals surface area contributed by atoms with Crippen molar-refractivity contribution in [3.8, 4) is 11.1 Å². The molecule has 0 aliphatic heterocycles. The van der Waals surface area contributed by atoms with Gasteiger partial charge in [0.1, 0.15) is 12.6 Å². The first-order valence-corrected chi connectivity index (χ1v) is 11.8. The number of aliphatic carboxylic acids is 1. The van der Waals surface area contributed by atoms with E-state index in [4.69, 9.17) is 4.74 Å². The molecular weight excluding hydrogens is 432 g/mol. The summed E-state index contributed by atoms with van der Waals surface area (Å²) in [5.41, 5.74) is 4.62. The summed E-state index contributed by atoms with van der Waals surface area (Å²) in [5.74, 6) is -1.76. The molecule has 7 heteroatoms. The molecule has 2 aliphatic carbocycles. The van der Waals surface area contributed by atoms with Crippen molar-refractivity contribution in [1.82, 2.24) is 10.6 Å². The fourth-order valence-electron chi connectivity index (χ4n) is 4.84. The van der Waals surface area contributed by atoms with Crippen molar-refractivity contribution in [2.24, 2.45) is 5.92 Å². The van der Waals surface area contributed by atoms with Crippen LogP contribution in [0.5, 0.6) is 0 Å². The molecule has 178 valence electrons. The zero-order chi connectivity index (χ0) is 24.1. The number of amides is 2. The van der Waals surface area contributed by atoms with Gasteiger partial charge < -0.3 is 20.5 Å². The fourth-order valence-corrected chi connectivity index (χ4v) is 4.84. The third-order valence-electron chi connectivity index (χ3n) is 6.54. The summed E-state index contributed by atoms with van der Waals surface area (Å²) in [6, 6.07) is 15.1. The van der Waals surface area contributed by atoms with Gasteiger partial charge in [-0.25, -0.2) is 9.59 Å². The predicted octanol–water partition coefficient (Wildman–Crippen LogP) is 4.23. The maximum absolute atomic E-state index is 12.6. The van der Waals surface area contributed by atoms with E-state index >= 15 is 0 Å². The summed E-state index contributed by atoms with van der Waals surface area (Å²) in [7, 11) is 0. The van der Waals surface area contributed by atoms with E-state index in [-0.39, 0.29) is 24.5 Å². The Kier molecular flexibility index (Phi) is 7.30. The molecule has 2 amide bonds. The Bertz CT molecular complexity index is 1050. The van der Waals surface area contributed by atoms with Gasteiger partial charge in [0.05, 0.1) is 6.04 Å². The van der Waals surface area contributed by atoms with E-state index < -0.39 is 24.0 Å². The van der Waals surface area contributed by atoms with Crippen LogP contribution in [-0.2, 0) is 14.3 Å². The molecule has 2 aromatic carbocycles. The van der Waals surface area contributed by atoms with E-state index in [0.717, 1.165) is 11.1 Å². The van der Waals surface area contributed by atoms with Crippen LogP contribution in [0.2, 0.25) is 0 Å². The van der Waals surface area contributed by atoms with E-state index in [1.54, 1.807) is 0 Å². The summed E-state index contributed by atoms with van der Waals surface area (Å²) >= 11 is 0. The van der Waals surface area contributed by atoms with Crippen LogP contribution in [-0.4, -0.2) is 41.8 Å². The van der Waals surface area contributed by atoms with E-state index in [0.29, 0.717) is 25.7 Å². The highest BCUT2D eigenvalue weighted by Gasteiger charge is 2.31. The minimum Gasteiger partial charge on any atom is -0.480 e. The molecule has 0 spiro atoms. The van der Waals surface area contributed by atoms with Gasteiger partial charge in [-0.05, 0) is 41.5 Å². The number of fused-ring (bicyclic) bond motifs is 3. The smallest absolute Gasteiger partial charge is 0.407 e. The Hall–Kier alpha value is -3.61. The highest BCUT2D eigenvalue weighted by Crippen LogP contribution is 2.44. The Morgan fingerprint density at radius 2 is 1.71 bits per heavy atom. The summed E-state index contributed by atoms with van der Waals surface area (Å²) in [6.45, 7) is 2.09. The van der Waals surface area contributed by atoms with Crippen molar-refractivity contribution < 1.29 is 24.2 Å². The van der Waals surface area contributed by atoms with Gasteiger partial charge in [0, 0.05) is 11.8 Å². The van der Waals surface area contributed by atoms with Gasteiger partial charge in [-0.15, -0.1) is 0 Å². The second-order valence-corrected chi connectivity index (χ2v) is 8.86. The third kappa shape index (κ3) is 5.14. The monoisotopic (exact) mass is 462 g/mol. The summed E-state index contributed by atoms with van der Waals surface area (Å²) in [5, 5.41) is 14.8. The highest BCUT2D eigenvalue weighted by molar-refractivity contribution is 5.85. The maximum Gasteiger partial charge on any atom is 0.407 e. The first-order valence-electron chi connectivity index (χ1n) is 11.8. The molecule has 2 aromatic rings. The normalized spacial score (nSPS) is 19.6. The van der Waals surface area contributed by atoms with Crippen LogP contribution in [0, 0.1) is 5.92 Å². The zero-order valence-corrected chi connectivity index (χ0v) is 19.2. The van der Waals surface area contributed by atoms with Crippen molar-refractivity contribution in [1.29, 1.82) is 0 Å². The van der Waals surface area contributed by atoms with E-state index in [2.05, 4.69) is 34.9 Å². The number of hydrogen-bond acceptors (Lipinski definition) is 4. The van der Waals surface area contributed by atoms with Gasteiger partial charge in [-0.2, -0.15) is 0 Å². The molecule has 0 bridgehead atoms. The molecule has 0 heterocycles.